The molecule has 0 unspecified atom stereocenters. The summed E-state index contributed by atoms with van der Waals surface area (Å²) in [6, 6.07) is 20.1. The fraction of sp³-hybridized carbons (Fsp3) is 0.182. The first-order valence-electron chi connectivity index (χ1n) is 9.27. The second kappa shape index (κ2) is 7.20. The number of fused-ring (bicyclic) bond motifs is 2. The predicted molar refractivity (Wildman–Crippen MR) is 112 cm³/mol. The van der Waals surface area contributed by atoms with Crippen LogP contribution >= 0.6 is 11.8 Å². The molecule has 5 nitrogen and oxygen atoms in total. The van der Waals surface area contributed by atoms with Gasteiger partial charge in [0.2, 0.25) is 0 Å². The number of hydrogen-bond donors (Lipinski definition) is 0. The molecular weight excluding hydrogens is 370 g/mol. The van der Waals surface area contributed by atoms with Crippen LogP contribution < -0.4 is 4.90 Å². The lowest BCUT2D eigenvalue weighted by atomic mass is 10.1. The minimum Gasteiger partial charge on any atom is -0.451 e. The van der Waals surface area contributed by atoms with Crippen LogP contribution in [0.15, 0.2) is 71.3 Å². The number of para-hydroxylation sites is 1. The van der Waals surface area contributed by atoms with Gasteiger partial charge < -0.3 is 4.42 Å². The zero-order valence-corrected chi connectivity index (χ0v) is 16.1. The normalized spacial score (nSPS) is 13.2. The quantitative estimate of drug-likeness (QED) is 0.495. The van der Waals surface area contributed by atoms with Crippen molar-refractivity contribution in [2.24, 2.45) is 0 Å². The number of thioether (sulfide) groups is 1. The van der Waals surface area contributed by atoms with E-state index in [1.807, 2.05) is 41.1 Å². The minimum absolute atomic E-state index is 0.0919. The number of benzene rings is 2. The first kappa shape index (κ1) is 17.1. The number of aromatic nitrogens is 2. The van der Waals surface area contributed by atoms with Gasteiger partial charge in [-0.3, -0.25) is 9.69 Å². The second-order valence-electron chi connectivity index (χ2n) is 6.75. The molecule has 1 amide bonds. The van der Waals surface area contributed by atoms with Crippen molar-refractivity contribution in [1.82, 2.24) is 9.78 Å². The molecule has 0 fully saturated rings. The van der Waals surface area contributed by atoms with E-state index >= 15 is 0 Å². The first-order valence-corrected chi connectivity index (χ1v) is 10.4. The van der Waals surface area contributed by atoms with Crippen molar-refractivity contribution >= 4 is 34.5 Å². The van der Waals surface area contributed by atoms with E-state index in [9.17, 15) is 4.79 Å². The van der Waals surface area contributed by atoms with Crippen LogP contribution in [-0.2, 0) is 18.1 Å². The van der Waals surface area contributed by atoms with E-state index in [4.69, 9.17) is 4.42 Å². The van der Waals surface area contributed by atoms with E-state index in [0.717, 1.165) is 33.9 Å². The monoisotopic (exact) mass is 389 g/mol. The highest BCUT2D eigenvalue weighted by molar-refractivity contribution is 7.97. The third-order valence-electron chi connectivity index (χ3n) is 5.00. The lowest BCUT2D eigenvalue weighted by Crippen LogP contribution is -2.29. The van der Waals surface area contributed by atoms with Crippen LogP contribution in [0.1, 0.15) is 21.7 Å². The third kappa shape index (κ3) is 2.99. The molecule has 3 heterocycles. The highest BCUT2D eigenvalue weighted by Crippen LogP contribution is 2.33. The van der Waals surface area contributed by atoms with Gasteiger partial charge >= 0.3 is 0 Å². The number of hydrogen-bond acceptors (Lipinski definition) is 4. The van der Waals surface area contributed by atoms with Crippen molar-refractivity contribution in [3.63, 3.8) is 0 Å². The van der Waals surface area contributed by atoms with Gasteiger partial charge in [-0.1, -0.05) is 48.5 Å². The molecular formula is C22H19N3O2S. The molecule has 0 saturated carbocycles. The van der Waals surface area contributed by atoms with Crippen LogP contribution in [0, 0.1) is 0 Å². The summed E-state index contributed by atoms with van der Waals surface area (Å²) in [5.74, 6) is 2.79. The number of carbonyl (C=O) groups excluding carboxylic acids is 1. The van der Waals surface area contributed by atoms with Gasteiger partial charge in [-0.05, 0) is 11.6 Å². The van der Waals surface area contributed by atoms with Crippen molar-refractivity contribution < 1.29 is 9.21 Å². The van der Waals surface area contributed by atoms with Gasteiger partial charge in [-0.2, -0.15) is 16.9 Å². The van der Waals surface area contributed by atoms with Crippen molar-refractivity contribution in [2.45, 2.75) is 18.1 Å². The molecule has 6 heteroatoms. The number of carbonyl (C=O) groups is 1. The Bertz CT molecular complexity index is 1130. The Morgan fingerprint density at radius 3 is 2.71 bits per heavy atom. The highest BCUT2D eigenvalue weighted by Gasteiger charge is 2.30. The van der Waals surface area contributed by atoms with E-state index in [1.165, 1.54) is 5.56 Å². The summed E-state index contributed by atoms with van der Waals surface area (Å²) in [6.45, 7) is 1.34. The zero-order chi connectivity index (χ0) is 18.9. The smallest absolute Gasteiger partial charge is 0.295 e. The van der Waals surface area contributed by atoms with Crippen molar-refractivity contribution in [3.8, 4) is 0 Å². The molecule has 0 aliphatic carbocycles. The molecule has 140 valence electrons. The van der Waals surface area contributed by atoms with Gasteiger partial charge in [0.15, 0.2) is 5.76 Å². The molecule has 0 N–H and O–H groups in total. The highest BCUT2D eigenvalue weighted by atomic mass is 32.2. The molecule has 5 rings (SSSR count). The molecule has 0 atom stereocenters. The average molecular weight is 389 g/mol. The molecule has 4 aromatic rings. The van der Waals surface area contributed by atoms with Gasteiger partial charge in [0.1, 0.15) is 11.4 Å². The number of rotatable bonds is 5. The number of anilines is 1. The maximum Gasteiger partial charge on any atom is 0.295 e. The number of nitrogens with zero attached hydrogens (tertiary/aromatic N) is 3. The van der Waals surface area contributed by atoms with Gasteiger partial charge in [-0.15, -0.1) is 0 Å². The Kier molecular flexibility index (Phi) is 4.41. The Morgan fingerprint density at radius 2 is 1.82 bits per heavy atom. The van der Waals surface area contributed by atoms with E-state index in [0.29, 0.717) is 18.8 Å². The number of furan rings is 1. The summed E-state index contributed by atoms with van der Waals surface area (Å²) in [5.41, 5.74) is 3.00. The summed E-state index contributed by atoms with van der Waals surface area (Å²) in [6.07, 6.45) is 1.73. The van der Waals surface area contributed by atoms with E-state index < -0.39 is 0 Å². The third-order valence-corrected chi connectivity index (χ3v) is 6.03. The Balaban J connectivity index is 1.45. The summed E-state index contributed by atoms with van der Waals surface area (Å²) in [7, 11) is 0. The molecule has 2 aromatic heterocycles. The number of amides is 1. The van der Waals surface area contributed by atoms with Gasteiger partial charge in [0.25, 0.3) is 5.91 Å². The zero-order valence-electron chi connectivity index (χ0n) is 15.2. The maximum atomic E-state index is 13.3. The van der Waals surface area contributed by atoms with Crippen molar-refractivity contribution in [1.29, 1.82) is 0 Å². The lowest BCUT2D eigenvalue weighted by molar-refractivity contribution is 0.0964. The van der Waals surface area contributed by atoms with Crippen LogP contribution in [-0.4, -0.2) is 22.2 Å². The molecule has 0 radical (unpaired) electrons. The van der Waals surface area contributed by atoms with Gasteiger partial charge in [0.05, 0.1) is 12.7 Å². The van der Waals surface area contributed by atoms with Crippen LogP contribution in [0.5, 0.6) is 0 Å². The van der Waals surface area contributed by atoms with Crippen LogP contribution in [0.25, 0.3) is 11.0 Å². The molecule has 0 saturated heterocycles. The minimum atomic E-state index is -0.0919. The second-order valence-corrected chi connectivity index (χ2v) is 7.74. The fourth-order valence-corrected chi connectivity index (χ4v) is 4.65. The molecule has 0 bridgehead atoms. The van der Waals surface area contributed by atoms with Crippen LogP contribution in [0.4, 0.5) is 5.82 Å². The lowest BCUT2D eigenvalue weighted by Gasteiger charge is -2.14. The molecule has 0 spiro atoms. The van der Waals surface area contributed by atoms with Gasteiger partial charge in [0, 0.05) is 35.1 Å². The van der Waals surface area contributed by atoms with Crippen molar-refractivity contribution in [3.05, 3.63) is 83.7 Å². The Morgan fingerprint density at radius 1 is 1.00 bits per heavy atom. The standard InChI is InChI=1S/C22H19N3O2S/c26-22(24-12-13-25-20(24)10-11-23-25)21-18(17-8-4-5-9-19(17)27-21)15-28-14-16-6-2-1-3-7-16/h1-11H,12-15H2. The summed E-state index contributed by atoms with van der Waals surface area (Å²) in [5, 5.41) is 5.27. The van der Waals surface area contributed by atoms with Crippen LogP contribution in [0.3, 0.4) is 0 Å². The molecule has 1 aliphatic rings. The SMILES string of the molecule is O=C(c1oc2ccccc2c1CSCc1ccccc1)N1CCn2nccc21. The van der Waals surface area contributed by atoms with E-state index in [2.05, 4.69) is 29.4 Å². The van der Waals surface area contributed by atoms with Gasteiger partial charge in [-0.25, -0.2) is 4.68 Å². The molecule has 2 aromatic carbocycles. The van der Waals surface area contributed by atoms with Crippen molar-refractivity contribution in [2.75, 3.05) is 11.4 Å². The predicted octanol–water partition coefficient (Wildman–Crippen LogP) is 4.72. The first-order chi connectivity index (χ1) is 13.8. The molecule has 1 aliphatic heterocycles. The fourth-order valence-electron chi connectivity index (χ4n) is 3.62. The average Bonchev–Trinajstić information content (AvgIpc) is 3.43. The van der Waals surface area contributed by atoms with E-state index in [1.54, 1.807) is 22.9 Å². The molecule has 28 heavy (non-hydrogen) atoms. The summed E-state index contributed by atoms with van der Waals surface area (Å²) >= 11 is 1.79. The topological polar surface area (TPSA) is 51.3 Å². The Labute approximate surface area is 166 Å². The Hall–Kier alpha value is -2.99. The maximum absolute atomic E-state index is 13.3. The summed E-state index contributed by atoms with van der Waals surface area (Å²) < 4.78 is 7.89. The van der Waals surface area contributed by atoms with E-state index in [-0.39, 0.29) is 5.91 Å². The summed E-state index contributed by atoms with van der Waals surface area (Å²) in [4.78, 5) is 15.1. The van der Waals surface area contributed by atoms with Crippen LogP contribution in [0.2, 0.25) is 0 Å². The largest absolute Gasteiger partial charge is 0.451 e.